The normalized spacial score (nSPS) is 24.6. The van der Waals surface area contributed by atoms with Gasteiger partial charge in [-0.05, 0) is 62.6 Å². The van der Waals surface area contributed by atoms with Crippen LogP contribution in [0.1, 0.15) is 50.2 Å². The number of anilines is 1. The molecule has 0 spiro atoms. The highest BCUT2D eigenvalue weighted by Crippen LogP contribution is 2.29. The zero-order valence-electron chi connectivity index (χ0n) is 11.4. The maximum Gasteiger partial charge on any atom is 0.0374 e. The van der Waals surface area contributed by atoms with E-state index in [9.17, 15) is 0 Å². The predicted molar refractivity (Wildman–Crippen MR) is 75.6 cm³/mol. The van der Waals surface area contributed by atoms with Gasteiger partial charge in [0, 0.05) is 11.7 Å². The Morgan fingerprint density at radius 1 is 1.12 bits per heavy atom. The van der Waals surface area contributed by atoms with Crippen LogP contribution in [-0.4, -0.2) is 6.04 Å². The van der Waals surface area contributed by atoms with Gasteiger partial charge in [-0.1, -0.05) is 25.5 Å². The summed E-state index contributed by atoms with van der Waals surface area (Å²) in [5, 5.41) is 3.73. The second-order valence-electron chi connectivity index (χ2n) is 5.59. The molecule has 2 rings (SSSR count). The van der Waals surface area contributed by atoms with Gasteiger partial charge in [0.15, 0.2) is 0 Å². The highest BCUT2D eigenvalue weighted by molar-refractivity contribution is 5.53. The molecule has 0 amide bonds. The molecule has 94 valence electrons. The van der Waals surface area contributed by atoms with Crippen LogP contribution in [0.3, 0.4) is 0 Å². The second kappa shape index (κ2) is 5.57. The summed E-state index contributed by atoms with van der Waals surface area (Å²) in [7, 11) is 0. The number of aryl methyl sites for hydroxylation is 2. The zero-order valence-corrected chi connectivity index (χ0v) is 11.4. The van der Waals surface area contributed by atoms with Crippen molar-refractivity contribution in [2.75, 3.05) is 5.32 Å². The first kappa shape index (κ1) is 12.5. The minimum atomic E-state index is 0.693. The van der Waals surface area contributed by atoms with Crippen LogP contribution in [0.5, 0.6) is 0 Å². The zero-order chi connectivity index (χ0) is 12.3. The summed E-state index contributed by atoms with van der Waals surface area (Å²) in [6.07, 6.45) is 6.84. The molecule has 0 atom stereocenters. The van der Waals surface area contributed by atoms with Gasteiger partial charge in [-0.15, -0.1) is 0 Å². The standard InChI is InChI=1S/C16H25N/c1-4-14-7-9-15(10-8-14)17-16-11-12(2)5-6-13(16)3/h5-6,11,14-15,17H,4,7-10H2,1-3H3. The molecule has 1 saturated carbocycles. The first-order valence-electron chi connectivity index (χ1n) is 7.03. The van der Waals surface area contributed by atoms with E-state index < -0.39 is 0 Å². The summed E-state index contributed by atoms with van der Waals surface area (Å²) in [5.74, 6) is 0.978. The summed E-state index contributed by atoms with van der Waals surface area (Å²) in [5.41, 5.74) is 4.05. The van der Waals surface area contributed by atoms with E-state index in [0.717, 1.165) is 5.92 Å². The number of nitrogens with one attached hydrogen (secondary N) is 1. The van der Waals surface area contributed by atoms with Crippen molar-refractivity contribution in [2.24, 2.45) is 5.92 Å². The first-order valence-corrected chi connectivity index (χ1v) is 7.03. The lowest BCUT2D eigenvalue weighted by molar-refractivity contribution is 0.330. The van der Waals surface area contributed by atoms with Gasteiger partial charge in [-0.2, -0.15) is 0 Å². The van der Waals surface area contributed by atoms with Crippen molar-refractivity contribution >= 4 is 5.69 Å². The molecule has 1 N–H and O–H groups in total. The summed E-state index contributed by atoms with van der Waals surface area (Å²) in [6.45, 7) is 6.68. The Labute approximate surface area is 106 Å². The summed E-state index contributed by atoms with van der Waals surface area (Å²) in [6, 6.07) is 7.38. The highest BCUT2D eigenvalue weighted by Gasteiger charge is 2.19. The fourth-order valence-electron chi connectivity index (χ4n) is 2.83. The average Bonchev–Trinajstić information content (AvgIpc) is 2.35. The minimum Gasteiger partial charge on any atom is -0.382 e. The molecule has 1 aromatic rings. The Bertz CT molecular complexity index is 362. The molecular weight excluding hydrogens is 206 g/mol. The molecule has 0 unspecified atom stereocenters. The van der Waals surface area contributed by atoms with Crippen molar-refractivity contribution in [3.8, 4) is 0 Å². The predicted octanol–water partition coefficient (Wildman–Crippen LogP) is 4.68. The highest BCUT2D eigenvalue weighted by atomic mass is 14.9. The van der Waals surface area contributed by atoms with E-state index in [4.69, 9.17) is 0 Å². The molecule has 1 heteroatoms. The van der Waals surface area contributed by atoms with E-state index in [1.54, 1.807) is 0 Å². The number of rotatable bonds is 3. The van der Waals surface area contributed by atoms with Gasteiger partial charge in [0.25, 0.3) is 0 Å². The third-order valence-electron chi connectivity index (χ3n) is 4.18. The van der Waals surface area contributed by atoms with Crippen LogP contribution >= 0.6 is 0 Å². The Balaban J connectivity index is 1.95. The largest absolute Gasteiger partial charge is 0.382 e. The van der Waals surface area contributed by atoms with Crippen LogP contribution in [0.2, 0.25) is 0 Å². The number of hydrogen-bond donors (Lipinski definition) is 1. The topological polar surface area (TPSA) is 12.0 Å². The fraction of sp³-hybridized carbons (Fsp3) is 0.625. The van der Waals surface area contributed by atoms with Crippen LogP contribution in [0.25, 0.3) is 0 Å². The van der Waals surface area contributed by atoms with Gasteiger partial charge < -0.3 is 5.32 Å². The van der Waals surface area contributed by atoms with E-state index >= 15 is 0 Å². The van der Waals surface area contributed by atoms with Crippen LogP contribution in [-0.2, 0) is 0 Å². The van der Waals surface area contributed by atoms with Gasteiger partial charge in [-0.25, -0.2) is 0 Å². The SMILES string of the molecule is CCC1CCC(Nc2cc(C)ccc2C)CC1. The van der Waals surface area contributed by atoms with Gasteiger partial charge in [0.1, 0.15) is 0 Å². The van der Waals surface area contributed by atoms with Gasteiger partial charge in [0.05, 0.1) is 0 Å². The van der Waals surface area contributed by atoms with Gasteiger partial charge in [0.2, 0.25) is 0 Å². The number of benzene rings is 1. The van der Waals surface area contributed by atoms with E-state index in [-0.39, 0.29) is 0 Å². The van der Waals surface area contributed by atoms with Crippen molar-refractivity contribution in [1.29, 1.82) is 0 Å². The average molecular weight is 231 g/mol. The van der Waals surface area contributed by atoms with Crippen molar-refractivity contribution in [3.63, 3.8) is 0 Å². The Morgan fingerprint density at radius 3 is 2.47 bits per heavy atom. The van der Waals surface area contributed by atoms with E-state index in [1.165, 1.54) is 48.9 Å². The summed E-state index contributed by atoms with van der Waals surface area (Å²) in [4.78, 5) is 0. The lowest BCUT2D eigenvalue weighted by atomic mass is 9.84. The Kier molecular flexibility index (Phi) is 4.09. The molecule has 0 aromatic heterocycles. The molecule has 0 radical (unpaired) electrons. The van der Waals surface area contributed by atoms with Crippen molar-refractivity contribution < 1.29 is 0 Å². The van der Waals surface area contributed by atoms with Crippen LogP contribution in [0.15, 0.2) is 18.2 Å². The number of hydrogen-bond acceptors (Lipinski definition) is 1. The second-order valence-corrected chi connectivity index (χ2v) is 5.59. The van der Waals surface area contributed by atoms with E-state index in [0.29, 0.717) is 6.04 Å². The molecule has 0 heterocycles. The van der Waals surface area contributed by atoms with Gasteiger partial charge in [-0.3, -0.25) is 0 Å². The van der Waals surface area contributed by atoms with Crippen molar-refractivity contribution in [3.05, 3.63) is 29.3 Å². The van der Waals surface area contributed by atoms with Crippen molar-refractivity contribution in [1.82, 2.24) is 0 Å². The third-order valence-corrected chi connectivity index (χ3v) is 4.18. The monoisotopic (exact) mass is 231 g/mol. The molecule has 1 aliphatic rings. The smallest absolute Gasteiger partial charge is 0.0374 e. The van der Waals surface area contributed by atoms with Crippen LogP contribution < -0.4 is 5.32 Å². The van der Waals surface area contributed by atoms with Crippen LogP contribution in [0.4, 0.5) is 5.69 Å². The van der Waals surface area contributed by atoms with Crippen molar-refractivity contribution in [2.45, 2.75) is 58.9 Å². The summed E-state index contributed by atoms with van der Waals surface area (Å²) < 4.78 is 0. The van der Waals surface area contributed by atoms with E-state index in [1.807, 2.05) is 0 Å². The van der Waals surface area contributed by atoms with E-state index in [2.05, 4.69) is 44.3 Å². The lowest BCUT2D eigenvalue weighted by Gasteiger charge is -2.29. The maximum absolute atomic E-state index is 3.73. The third kappa shape index (κ3) is 3.24. The van der Waals surface area contributed by atoms with Gasteiger partial charge >= 0.3 is 0 Å². The fourth-order valence-corrected chi connectivity index (χ4v) is 2.83. The quantitative estimate of drug-likeness (QED) is 0.796. The molecular formula is C16H25N. The molecule has 0 saturated heterocycles. The first-order chi connectivity index (χ1) is 8.19. The molecule has 1 nitrogen and oxygen atoms in total. The maximum atomic E-state index is 3.73. The Morgan fingerprint density at radius 2 is 1.82 bits per heavy atom. The molecule has 1 aliphatic carbocycles. The molecule has 0 bridgehead atoms. The minimum absolute atomic E-state index is 0.693. The van der Waals surface area contributed by atoms with Crippen LogP contribution in [0, 0.1) is 19.8 Å². The molecule has 17 heavy (non-hydrogen) atoms. The Hall–Kier alpha value is -0.980. The summed E-state index contributed by atoms with van der Waals surface area (Å²) >= 11 is 0. The molecule has 1 fully saturated rings. The lowest BCUT2D eigenvalue weighted by Crippen LogP contribution is -2.26. The molecule has 1 aromatic carbocycles. The molecule has 0 aliphatic heterocycles.